The molecule has 0 unspecified atom stereocenters. The Hall–Kier alpha value is -4.15. The van der Waals surface area contributed by atoms with Gasteiger partial charge in [-0.05, 0) is 46.5 Å². The van der Waals surface area contributed by atoms with Gasteiger partial charge < -0.3 is 14.4 Å². The topological polar surface area (TPSA) is 38.9 Å². The molecule has 4 aromatic carbocycles. The second-order valence-corrected chi connectivity index (χ2v) is 20.4. The molecule has 0 spiro atoms. The first-order valence-electron chi connectivity index (χ1n) is 18.6. The van der Waals surface area contributed by atoms with Crippen LogP contribution in [-0.2, 0) is 26.5 Å². The number of fused-ring (bicyclic) bond motifs is 3. The van der Waals surface area contributed by atoms with Gasteiger partial charge in [-0.15, -0.1) is 54.1 Å². The number of hydrogen-bond donors (Lipinski definition) is 0. The molecule has 52 heavy (non-hydrogen) atoms. The van der Waals surface area contributed by atoms with Gasteiger partial charge in [0, 0.05) is 43.4 Å². The van der Waals surface area contributed by atoms with Gasteiger partial charge in [-0.3, -0.25) is 0 Å². The summed E-state index contributed by atoms with van der Waals surface area (Å²) in [6.07, 6.45) is 12.3. The summed E-state index contributed by atoms with van der Waals surface area (Å²) in [4.78, 5) is 9.37. The molecule has 1 fully saturated rings. The summed E-state index contributed by atoms with van der Waals surface area (Å²) in [5, 5.41) is 3.76. The van der Waals surface area contributed by atoms with Gasteiger partial charge >= 0.3 is 0 Å². The summed E-state index contributed by atoms with van der Waals surface area (Å²) in [5.41, 5.74) is 10.8. The Morgan fingerprint density at radius 3 is 2.25 bits per heavy atom. The molecule has 3 aromatic heterocycles. The van der Waals surface area contributed by atoms with E-state index in [4.69, 9.17) is 9.40 Å². The largest absolute Gasteiger partial charge is 0.500 e. The molecule has 0 saturated heterocycles. The van der Waals surface area contributed by atoms with Gasteiger partial charge in [0.05, 0.1) is 13.7 Å². The van der Waals surface area contributed by atoms with Crippen LogP contribution in [0.1, 0.15) is 63.0 Å². The molecule has 1 aliphatic carbocycles. The first-order chi connectivity index (χ1) is 24.8. The third-order valence-corrected chi connectivity index (χ3v) is 12.3. The maximum absolute atomic E-state index is 6.45. The number of nitrogens with zero attached hydrogens (tertiary/aromatic N) is 2. The average Bonchev–Trinajstić information content (AvgIpc) is 3.55. The van der Waals surface area contributed by atoms with Crippen LogP contribution in [-0.4, -0.2) is 18.0 Å². The molecule has 0 atom stereocenters. The third kappa shape index (κ3) is 8.39. The zero-order valence-electron chi connectivity index (χ0n) is 31.0. The maximum atomic E-state index is 6.45. The Kier molecular flexibility index (Phi) is 12.1. The van der Waals surface area contributed by atoms with Gasteiger partial charge in [-0.1, -0.05) is 148 Å². The minimum absolute atomic E-state index is 0. The summed E-state index contributed by atoms with van der Waals surface area (Å²) in [7, 11) is -1.36. The third-order valence-electron chi connectivity index (χ3n) is 10.3. The summed E-state index contributed by atoms with van der Waals surface area (Å²) in [5.74, 6) is 1.31. The number of pyridine rings is 2. The average molecular weight is 877 g/mol. The van der Waals surface area contributed by atoms with Gasteiger partial charge in [0.25, 0.3) is 0 Å². The van der Waals surface area contributed by atoms with Crippen molar-refractivity contribution in [2.24, 2.45) is 5.92 Å². The summed E-state index contributed by atoms with van der Waals surface area (Å²) in [6, 6.07) is 42.1. The predicted octanol–water partition coefficient (Wildman–Crippen LogP) is 12.5. The van der Waals surface area contributed by atoms with E-state index in [0.29, 0.717) is 5.92 Å². The Balaban J connectivity index is 0.000000179. The van der Waals surface area contributed by atoms with Crippen molar-refractivity contribution in [3.05, 3.63) is 139 Å². The molecule has 0 N–H and O–H groups in total. The fourth-order valence-electron chi connectivity index (χ4n) is 7.48. The van der Waals surface area contributed by atoms with E-state index in [0.717, 1.165) is 61.5 Å². The van der Waals surface area contributed by atoms with Crippen LogP contribution in [0.4, 0.5) is 0 Å². The van der Waals surface area contributed by atoms with E-state index >= 15 is 0 Å². The molecule has 1 saturated carbocycles. The summed E-state index contributed by atoms with van der Waals surface area (Å²) in [6.45, 7) is 11.7. The van der Waals surface area contributed by atoms with E-state index in [1.54, 1.807) is 10.8 Å². The van der Waals surface area contributed by atoms with Crippen molar-refractivity contribution in [1.29, 1.82) is 0 Å². The smallest absolute Gasteiger partial charge is 0.128 e. The van der Waals surface area contributed by atoms with Crippen LogP contribution < -0.4 is 5.19 Å². The number of aromatic nitrogens is 2. The molecule has 3 heterocycles. The van der Waals surface area contributed by atoms with Crippen LogP contribution in [0.15, 0.2) is 120 Å². The molecular weight excluding hydrogens is 829 g/mol. The number of benzene rings is 4. The zero-order valence-corrected chi connectivity index (χ0v) is 34.4. The van der Waals surface area contributed by atoms with E-state index in [-0.39, 0.29) is 20.1 Å². The second-order valence-electron chi connectivity index (χ2n) is 15.3. The predicted molar refractivity (Wildman–Crippen MR) is 217 cm³/mol. The van der Waals surface area contributed by atoms with Crippen molar-refractivity contribution in [3.8, 4) is 33.6 Å². The van der Waals surface area contributed by atoms with Gasteiger partial charge in [0.15, 0.2) is 0 Å². The fraction of sp³-hybridized carbons (Fsp3) is 0.277. The normalized spacial score (nSPS) is 13.5. The van der Waals surface area contributed by atoms with Gasteiger partial charge in [-0.25, -0.2) is 0 Å². The first-order valence-corrected chi connectivity index (χ1v) is 22.1. The number of furan rings is 1. The Labute approximate surface area is 324 Å². The van der Waals surface area contributed by atoms with Crippen molar-refractivity contribution in [2.75, 3.05) is 0 Å². The molecular formula is C47H48IrN2OSi-2. The van der Waals surface area contributed by atoms with Crippen molar-refractivity contribution in [1.82, 2.24) is 9.97 Å². The van der Waals surface area contributed by atoms with E-state index in [2.05, 4.69) is 136 Å². The molecule has 1 aliphatic rings. The van der Waals surface area contributed by atoms with Gasteiger partial charge in [-0.2, -0.15) is 0 Å². The van der Waals surface area contributed by atoms with Crippen LogP contribution in [0.5, 0.6) is 0 Å². The molecule has 7 aromatic rings. The van der Waals surface area contributed by atoms with Gasteiger partial charge in [0.1, 0.15) is 5.58 Å². The number of rotatable bonds is 7. The number of hydrogen-bond acceptors (Lipinski definition) is 3. The summed E-state index contributed by atoms with van der Waals surface area (Å²) >= 11 is 0. The first kappa shape index (κ1) is 37.6. The summed E-state index contributed by atoms with van der Waals surface area (Å²) < 4.78 is 6.45. The van der Waals surface area contributed by atoms with Crippen LogP contribution in [0.3, 0.4) is 0 Å². The minimum Gasteiger partial charge on any atom is -0.500 e. The molecule has 3 nitrogen and oxygen atoms in total. The molecule has 0 bridgehead atoms. The molecule has 0 amide bonds. The molecule has 267 valence electrons. The Morgan fingerprint density at radius 2 is 1.52 bits per heavy atom. The van der Waals surface area contributed by atoms with Crippen LogP contribution in [0.25, 0.3) is 55.6 Å². The second kappa shape index (κ2) is 16.7. The Morgan fingerprint density at radius 1 is 0.750 bits per heavy atom. The monoisotopic (exact) mass is 877 g/mol. The fourth-order valence-corrected chi connectivity index (χ4v) is 9.07. The van der Waals surface area contributed by atoms with Crippen LogP contribution in [0.2, 0.25) is 19.6 Å². The van der Waals surface area contributed by atoms with Crippen LogP contribution in [0, 0.1) is 18.1 Å². The molecule has 8 rings (SSSR count). The SMILES string of the molecule is CC(C)c1ccnc(-c2[c-]ccc3c2oc2c(-c4ccccc4)cccc23)c1.C[Si](C)(C)c1cnc(-c2[c-]cccc2)cc1CC1CCCCC1.[Ir]. The minimum atomic E-state index is -1.36. The quantitative estimate of drug-likeness (QED) is 0.118. The van der Waals surface area contributed by atoms with Crippen LogP contribution >= 0.6 is 0 Å². The van der Waals surface area contributed by atoms with E-state index in [9.17, 15) is 0 Å². The van der Waals surface area contributed by atoms with E-state index in [1.165, 1.54) is 44.1 Å². The van der Waals surface area contributed by atoms with Crippen molar-refractivity contribution < 1.29 is 24.5 Å². The molecule has 5 heteroatoms. The molecule has 1 radical (unpaired) electrons. The Bertz CT molecular complexity index is 2230. The van der Waals surface area contributed by atoms with Crippen molar-refractivity contribution in [2.45, 2.75) is 77.9 Å². The standard InChI is InChI=1S/C26H20NO.C21H28NSi.Ir/c1-17(2)19-14-15-27-24(16-19)23-13-7-12-22-21-11-6-10-20(25(21)28-26(22)23)18-8-4-3-5-9-18;1-23(2,3)21-16-22-20(18-12-8-5-9-13-18)15-19(21)14-17-10-6-4-7-11-17;/h3-12,14-17H,1-2H3;5,8-9,12,15-17H,4,6-7,10-11,14H2,1-3H3;/q2*-1;. The maximum Gasteiger partial charge on any atom is 0.128 e. The zero-order chi connectivity index (χ0) is 35.4. The van der Waals surface area contributed by atoms with E-state index < -0.39 is 8.07 Å². The van der Waals surface area contributed by atoms with Gasteiger partial charge in [0.2, 0.25) is 0 Å². The number of para-hydroxylation sites is 1. The molecule has 0 aliphatic heterocycles. The van der Waals surface area contributed by atoms with Crippen molar-refractivity contribution in [3.63, 3.8) is 0 Å². The van der Waals surface area contributed by atoms with Crippen molar-refractivity contribution >= 4 is 35.2 Å². The van der Waals surface area contributed by atoms with E-state index in [1.807, 2.05) is 30.5 Å².